The minimum atomic E-state index is -4.77. The van der Waals surface area contributed by atoms with Gasteiger partial charge >= 0.3 is 18.4 Å². The Bertz CT molecular complexity index is 998. The molecule has 0 fully saturated rings. The number of hydrogen-bond donors (Lipinski definition) is 2. The number of carboxylic acid groups (broad SMARTS) is 1. The van der Waals surface area contributed by atoms with E-state index in [0.717, 1.165) is 28.2 Å². The average Bonchev–Trinajstić information content (AvgIpc) is 3.15. The molecule has 1 aliphatic rings. The molecule has 0 radical (unpaired) electrons. The Morgan fingerprint density at radius 3 is 2.45 bits per heavy atom. The number of likely N-dealkylation sites (N-methyl/N-ethyl adjacent to an activating group) is 1. The molecule has 33 heavy (non-hydrogen) atoms. The number of amides is 2. The minimum Gasteiger partial charge on any atom is -0.481 e. The number of ether oxygens (including phenoxy) is 1. The number of carbonyl (C=O) groups excluding carboxylic acids is 1. The summed E-state index contributed by atoms with van der Waals surface area (Å²) in [4.78, 5) is 26.6. The van der Waals surface area contributed by atoms with Crippen LogP contribution in [-0.4, -0.2) is 46.7 Å². The first kappa shape index (κ1) is 24.8. The summed E-state index contributed by atoms with van der Waals surface area (Å²) in [6, 6.07) is 10.7. The zero-order chi connectivity index (χ0) is 24.2. The van der Waals surface area contributed by atoms with Crippen LogP contribution in [0.4, 0.5) is 23.7 Å². The third-order valence-corrected chi connectivity index (χ3v) is 6.65. The van der Waals surface area contributed by atoms with Crippen molar-refractivity contribution in [3.05, 3.63) is 53.6 Å². The number of nitrogens with zero attached hydrogens (tertiary/aromatic N) is 1. The lowest BCUT2D eigenvalue weighted by atomic mass is 10.1. The molecule has 2 amide bonds. The monoisotopic (exact) mass is 482 g/mol. The molecule has 0 spiro atoms. The van der Waals surface area contributed by atoms with Crippen LogP contribution in [0, 0.1) is 5.92 Å². The molecule has 1 aliphatic carbocycles. The highest BCUT2D eigenvalue weighted by atomic mass is 32.2. The fourth-order valence-corrected chi connectivity index (χ4v) is 4.65. The number of carbonyl (C=O) groups is 2. The van der Waals surface area contributed by atoms with Crippen LogP contribution in [0.2, 0.25) is 0 Å². The molecule has 6 nitrogen and oxygen atoms in total. The van der Waals surface area contributed by atoms with Crippen LogP contribution in [0.1, 0.15) is 25.0 Å². The summed E-state index contributed by atoms with van der Waals surface area (Å²) in [5.41, 5.74) is 2.65. The molecule has 178 valence electrons. The van der Waals surface area contributed by atoms with Crippen LogP contribution in [-0.2, 0) is 17.6 Å². The second kappa shape index (κ2) is 10.4. The number of halogens is 3. The summed E-state index contributed by atoms with van der Waals surface area (Å²) in [5, 5.41) is 11.8. The number of thioether (sulfide) groups is 1. The quantitative estimate of drug-likeness (QED) is 0.492. The van der Waals surface area contributed by atoms with E-state index in [1.807, 2.05) is 19.1 Å². The molecular formula is C23H25F3N2O4S. The van der Waals surface area contributed by atoms with E-state index in [0.29, 0.717) is 30.8 Å². The number of nitrogens with one attached hydrogen (secondary N) is 1. The zero-order valence-electron chi connectivity index (χ0n) is 18.2. The Morgan fingerprint density at radius 2 is 1.85 bits per heavy atom. The van der Waals surface area contributed by atoms with Crippen LogP contribution < -0.4 is 10.1 Å². The number of anilines is 1. The molecule has 0 aliphatic heterocycles. The maximum Gasteiger partial charge on any atom is 0.573 e. The van der Waals surface area contributed by atoms with Gasteiger partial charge in [-0.05, 0) is 67.3 Å². The van der Waals surface area contributed by atoms with Crippen molar-refractivity contribution < 1.29 is 32.6 Å². The molecule has 2 unspecified atom stereocenters. The molecule has 2 atom stereocenters. The predicted molar refractivity (Wildman–Crippen MR) is 120 cm³/mol. The van der Waals surface area contributed by atoms with Crippen molar-refractivity contribution in [1.29, 1.82) is 0 Å². The van der Waals surface area contributed by atoms with Crippen LogP contribution in [0.25, 0.3) is 0 Å². The SMILES string of the molecule is CCN(C(=O)Nc1ccc(OC(F)(F)F)cc1)C1Cc2ccc(SCC(C)C(=O)O)cc2C1. The van der Waals surface area contributed by atoms with E-state index in [2.05, 4.69) is 16.1 Å². The van der Waals surface area contributed by atoms with Gasteiger partial charge in [0.2, 0.25) is 0 Å². The van der Waals surface area contributed by atoms with E-state index in [9.17, 15) is 22.8 Å². The maximum absolute atomic E-state index is 12.8. The lowest BCUT2D eigenvalue weighted by molar-refractivity contribution is -0.274. The lowest BCUT2D eigenvalue weighted by Crippen LogP contribution is -2.43. The number of urea groups is 1. The standard InChI is InChI=1S/C23H25F3N2O4S/c1-3-28(22(31)27-17-5-7-19(8-6-17)32-23(24,25)26)18-10-15-4-9-20(12-16(15)11-18)33-13-14(2)21(29)30/h4-9,12,14,18H,3,10-11,13H2,1-2H3,(H,27,31)(H,29,30). The van der Waals surface area contributed by atoms with Gasteiger partial charge in [-0.3, -0.25) is 4.79 Å². The Hall–Kier alpha value is -2.88. The van der Waals surface area contributed by atoms with Gasteiger partial charge in [0.25, 0.3) is 0 Å². The van der Waals surface area contributed by atoms with Crippen LogP contribution >= 0.6 is 11.8 Å². The summed E-state index contributed by atoms with van der Waals surface area (Å²) in [6.45, 7) is 4.02. The van der Waals surface area contributed by atoms with Gasteiger partial charge in [0.05, 0.1) is 5.92 Å². The van der Waals surface area contributed by atoms with Crippen molar-refractivity contribution in [3.63, 3.8) is 0 Å². The largest absolute Gasteiger partial charge is 0.573 e. The fraction of sp³-hybridized carbons (Fsp3) is 0.391. The average molecular weight is 483 g/mol. The molecule has 2 aromatic carbocycles. The van der Waals surface area contributed by atoms with Crippen LogP contribution in [0.3, 0.4) is 0 Å². The molecule has 2 aromatic rings. The Labute approximate surface area is 194 Å². The van der Waals surface area contributed by atoms with E-state index in [1.165, 1.54) is 23.9 Å². The van der Waals surface area contributed by atoms with E-state index in [1.54, 1.807) is 11.8 Å². The molecule has 0 heterocycles. The fourth-order valence-electron chi connectivity index (χ4n) is 3.68. The van der Waals surface area contributed by atoms with Gasteiger partial charge in [-0.2, -0.15) is 0 Å². The lowest BCUT2D eigenvalue weighted by Gasteiger charge is -2.28. The minimum absolute atomic E-state index is 0.0453. The van der Waals surface area contributed by atoms with Crippen LogP contribution in [0.15, 0.2) is 47.4 Å². The van der Waals surface area contributed by atoms with Crippen LogP contribution in [0.5, 0.6) is 5.75 Å². The van der Waals surface area contributed by atoms with Gasteiger partial charge < -0.3 is 20.1 Å². The number of fused-ring (bicyclic) bond motifs is 1. The number of alkyl halides is 3. The zero-order valence-corrected chi connectivity index (χ0v) is 19.0. The Kier molecular flexibility index (Phi) is 7.78. The van der Waals surface area contributed by atoms with Gasteiger partial charge in [0, 0.05) is 28.9 Å². The summed E-state index contributed by atoms with van der Waals surface area (Å²) < 4.78 is 40.7. The first-order valence-electron chi connectivity index (χ1n) is 10.5. The Balaban J connectivity index is 1.60. The van der Waals surface area contributed by atoms with Gasteiger partial charge in [0.1, 0.15) is 5.75 Å². The highest BCUT2D eigenvalue weighted by Gasteiger charge is 2.31. The van der Waals surface area contributed by atoms with Crippen molar-refractivity contribution in [1.82, 2.24) is 4.90 Å². The first-order valence-corrected chi connectivity index (χ1v) is 11.4. The number of benzene rings is 2. The molecule has 0 aromatic heterocycles. The van der Waals surface area contributed by atoms with E-state index < -0.39 is 18.2 Å². The van der Waals surface area contributed by atoms with Gasteiger partial charge in [-0.15, -0.1) is 24.9 Å². The number of carboxylic acids is 1. The van der Waals surface area contributed by atoms with Gasteiger partial charge in [-0.1, -0.05) is 13.0 Å². The summed E-state index contributed by atoms with van der Waals surface area (Å²) in [5.74, 6) is -1.14. The maximum atomic E-state index is 12.8. The molecule has 0 saturated heterocycles. The third kappa shape index (κ3) is 6.80. The van der Waals surface area contributed by atoms with E-state index in [-0.39, 0.29) is 17.8 Å². The Morgan fingerprint density at radius 1 is 1.18 bits per heavy atom. The first-order chi connectivity index (χ1) is 15.6. The topological polar surface area (TPSA) is 78.9 Å². The van der Waals surface area contributed by atoms with Crippen molar-refractivity contribution in [2.45, 2.75) is 44.0 Å². The van der Waals surface area contributed by atoms with Crippen molar-refractivity contribution in [2.75, 3.05) is 17.6 Å². The second-order valence-corrected chi connectivity index (χ2v) is 8.92. The van der Waals surface area contributed by atoms with Crippen molar-refractivity contribution in [3.8, 4) is 5.75 Å². The summed E-state index contributed by atoms with van der Waals surface area (Å²) >= 11 is 1.50. The second-order valence-electron chi connectivity index (χ2n) is 7.83. The predicted octanol–water partition coefficient (Wildman–Crippen LogP) is 5.42. The smallest absolute Gasteiger partial charge is 0.481 e. The molecule has 0 bridgehead atoms. The number of hydrogen-bond acceptors (Lipinski definition) is 4. The molecule has 0 saturated carbocycles. The number of rotatable bonds is 8. The van der Waals surface area contributed by atoms with Gasteiger partial charge in [-0.25, -0.2) is 4.79 Å². The third-order valence-electron chi connectivity index (χ3n) is 5.39. The molecule has 3 rings (SSSR count). The van der Waals surface area contributed by atoms with E-state index in [4.69, 9.17) is 5.11 Å². The highest BCUT2D eigenvalue weighted by Crippen LogP contribution is 2.31. The molecular weight excluding hydrogens is 457 g/mol. The molecule has 10 heteroatoms. The van der Waals surface area contributed by atoms with Crippen molar-refractivity contribution >= 4 is 29.4 Å². The number of aliphatic carboxylic acids is 1. The van der Waals surface area contributed by atoms with Crippen molar-refractivity contribution in [2.24, 2.45) is 5.92 Å². The normalized spacial score (nSPS) is 16.1. The van der Waals surface area contributed by atoms with E-state index >= 15 is 0 Å². The van der Waals surface area contributed by atoms with Gasteiger partial charge in [0.15, 0.2) is 0 Å². The molecule has 2 N–H and O–H groups in total. The summed E-state index contributed by atoms with van der Waals surface area (Å²) in [7, 11) is 0. The highest BCUT2D eigenvalue weighted by molar-refractivity contribution is 7.99. The summed E-state index contributed by atoms with van der Waals surface area (Å²) in [6.07, 6.45) is -3.39.